The van der Waals surface area contributed by atoms with Gasteiger partial charge in [0.25, 0.3) is 0 Å². The highest BCUT2D eigenvalue weighted by molar-refractivity contribution is 5.85. The minimum Gasteiger partial charge on any atom is -0.340 e. The van der Waals surface area contributed by atoms with Crippen molar-refractivity contribution in [2.45, 2.75) is 45.7 Å². The standard InChI is InChI=1S/C19H31N3O.ClH/c1-4-13-22(18-9-11-20-12-10-18)15-19(23)21(3)14-17-8-6-5-7-16(17)2;/h5-8,18,20H,4,9-15H2,1-3H3;1H. The van der Waals surface area contributed by atoms with Gasteiger partial charge in [0, 0.05) is 19.6 Å². The molecule has 2 rings (SSSR count). The Morgan fingerprint density at radius 3 is 2.54 bits per heavy atom. The second-order valence-corrected chi connectivity index (χ2v) is 6.63. The molecule has 0 radical (unpaired) electrons. The summed E-state index contributed by atoms with van der Waals surface area (Å²) < 4.78 is 0. The third kappa shape index (κ3) is 6.08. The fourth-order valence-corrected chi connectivity index (χ4v) is 3.28. The lowest BCUT2D eigenvalue weighted by atomic mass is 10.0. The molecule has 1 fully saturated rings. The topological polar surface area (TPSA) is 35.6 Å². The van der Waals surface area contributed by atoms with Crippen molar-refractivity contribution >= 4 is 18.3 Å². The van der Waals surface area contributed by atoms with Crippen molar-refractivity contribution < 1.29 is 4.79 Å². The predicted molar refractivity (Wildman–Crippen MR) is 103 cm³/mol. The van der Waals surface area contributed by atoms with Crippen LogP contribution in [0.15, 0.2) is 24.3 Å². The average molecular weight is 354 g/mol. The highest BCUT2D eigenvalue weighted by Gasteiger charge is 2.23. The highest BCUT2D eigenvalue weighted by Crippen LogP contribution is 2.14. The number of hydrogen-bond acceptors (Lipinski definition) is 3. The Kier molecular flexibility index (Phi) is 9.34. The van der Waals surface area contributed by atoms with Crippen molar-refractivity contribution in [2.75, 3.05) is 33.2 Å². The molecule has 1 N–H and O–H groups in total. The molecule has 4 nitrogen and oxygen atoms in total. The van der Waals surface area contributed by atoms with Crippen molar-refractivity contribution in [3.8, 4) is 0 Å². The summed E-state index contributed by atoms with van der Waals surface area (Å²) in [5.41, 5.74) is 2.48. The molecular formula is C19H32ClN3O. The number of piperidine rings is 1. The van der Waals surface area contributed by atoms with Crippen LogP contribution in [0.3, 0.4) is 0 Å². The minimum absolute atomic E-state index is 0. The molecular weight excluding hydrogens is 322 g/mol. The Morgan fingerprint density at radius 1 is 1.25 bits per heavy atom. The summed E-state index contributed by atoms with van der Waals surface area (Å²) in [6, 6.07) is 8.84. The fourth-order valence-electron chi connectivity index (χ4n) is 3.28. The van der Waals surface area contributed by atoms with Crippen molar-refractivity contribution in [3.05, 3.63) is 35.4 Å². The number of halogens is 1. The molecule has 0 atom stereocenters. The van der Waals surface area contributed by atoms with Gasteiger partial charge in [-0.2, -0.15) is 0 Å². The summed E-state index contributed by atoms with van der Waals surface area (Å²) in [6.45, 7) is 8.67. The van der Waals surface area contributed by atoms with Crippen LogP contribution < -0.4 is 5.32 Å². The molecule has 1 aliphatic heterocycles. The van der Waals surface area contributed by atoms with Gasteiger partial charge in [0.15, 0.2) is 0 Å². The Hall–Kier alpha value is -1.10. The Morgan fingerprint density at radius 2 is 1.92 bits per heavy atom. The van der Waals surface area contributed by atoms with E-state index in [1.54, 1.807) is 0 Å². The summed E-state index contributed by atoms with van der Waals surface area (Å²) >= 11 is 0. The molecule has 0 saturated carbocycles. The van der Waals surface area contributed by atoms with Crippen molar-refractivity contribution in [3.63, 3.8) is 0 Å². The van der Waals surface area contributed by atoms with Gasteiger partial charge < -0.3 is 10.2 Å². The van der Waals surface area contributed by atoms with Crippen molar-refractivity contribution in [1.29, 1.82) is 0 Å². The van der Waals surface area contributed by atoms with Crippen LogP contribution in [-0.4, -0.2) is 55.0 Å². The normalized spacial score (nSPS) is 15.2. The van der Waals surface area contributed by atoms with Gasteiger partial charge in [-0.15, -0.1) is 12.4 Å². The van der Waals surface area contributed by atoms with E-state index in [4.69, 9.17) is 0 Å². The van der Waals surface area contributed by atoms with Crippen LogP contribution in [0.4, 0.5) is 0 Å². The number of rotatable bonds is 7. The molecule has 0 bridgehead atoms. The zero-order valence-corrected chi connectivity index (χ0v) is 16.1. The van der Waals surface area contributed by atoms with Gasteiger partial charge >= 0.3 is 0 Å². The number of aryl methyl sites for hydroxylation is 1. The van der Waals surface area contributed by atoms with Gasteiger partial charge in [-0.3, -0.25) is 9.69 Å². The lowest BCUT2D eigenvalue weighted by molar-refractivity contribution is -0.132. The van der Waals surface area contributed by atoms with Gasteiger partial charge in [-0.1, -0.05) is 31.2 Å². The van der Waals surface area contributed by atoms with Gasteiger partial charge in [0.05, 0.1) is 6.54 Å². The molecule has 1 aromatic carbocycles. The minimum atomic E-state index is 0. The molecule has 1 heterocycles. The fraction of sp³-hybridized carbons (Fsp3) is 0.632. The molecule has 1 aliphatic rings. The maximum absolute atomic E-state index is 12.7. The number of hydrogen-bond donors (Lipinski definition) is 1. The quantitative estimate of drug-likeness (QED) is 0.818. The van der Waals surface area contributed by atoms with Gasteiger partial charge in [-0.05, 0) is 56.9 Å². The second kappa shape index (κ2) is 10.7. The van der Waals surface area contributed by atoms with E-state index in [9.17, 15) is 4.79 Å². The smallest absolute Gasteiger partial charge is 0.236 e. The zero-order valence-electron chi connectivity index (χ0n) is 15.3. The number of nitrogens with one attached hydrogen (secondary N) is 1. The summed E-state index contributed by atoms with van der Waals surface area (Å²) in [5.74, 6) is 0.222. The van der Waals surface area contributed by atoms with E-state index in [-0.39, 0.29) is 18.3 Å². The summed E-state index contributed by atoms with van der Waals surface area (Å²) in [5, 5.41) is 3.40. The molecule has 0 spiro atoms. The van der Waals surface area contributed by atoms with E-state index >= 15 is 0 Å². The molecule has 0 unspecified atom stereocenters. The van der Waals surface area contributed by atoms with E-state index < -0.39 is 0 Å². The monoisotopic (exact) mass is 353 g/mol. The lowest BCUT2D eigenvalue weighted by Crippen LogP contribution is -2.47. The van der Waals surface area contributed by atoms with Crippen molar-refractivity contribution in [2.24, 2.45) is 0 Å². The van der Waals surface area contributed by atoms with Gasteiger partial charge in [0.1, 0.15) is 0 Å². The average Bonchev–Trinajstić information content (AvgIpc) is 2.57. The van der Waals surface area contributed by atoms with Gasteiger partial charge in [-0.25, -0.2) is 0 Å². The van der Waals surface area contributed by atoms with Crippen molar-refractivity contribution in [1.82, 2.24) is 15.1 Å². The van der Waals surface area contributed by atoms with E-state index in [1.165, 1.54) is 11.1 Å². The van der Waals surface area contributed by atoms with Crippen LogP contribution in [0.5, 0.6) is 0 Å². The maximum Gasteiger partial charge on any atom is 0.236 e. The molecule has 0 aromatic heterocycles. The predicted octanol–water partition coefficient (Wildman–Crippen LogP) is 2.84. The van der Waals surface area contributed by atoms with Crippen LogP contribution in [0.2, 0.25) is 0 Å². The van der Waals surface area contributed by atoms with Gasteiger partial charge in [0.2, 0.25) is 5.91 Å². The van der Waals surface area contributed by atoms with Crippen LogP contribution in [0.25, 0.3) is 0 Å². The van der Waals surface area contributed by atoms with E-state index in [2.05, 4.69) is 36.2 Å². The Bertz CT molecular complexity index is 503. The Labute approximate surface area is 153 Å². The lowest BCUT2D eigenvalue weighted by Gasteiger charge is -2.35. The van der Waals surface area contributed by atoms with E-state index in [0.717, 1.165) is 38.9 Å². The molecule has 136 valence electrons. The second-order valence-electron chi connectivity index (χ2n) is 6.63. The summed E-state index contributed by atoms with van der Waals surface area (Å²) in [7, 11) is 1.92. The Balaban J connectivity index is 0.00000288. The number of carbonyl (C=O) groups is 1. The summed E-state index contributed by atoms with van der Waals surface area (Å²) in [6.07, 6.45) is 3.39. The molecule has 1 saturated heterocycles. The molecule has 24 heavy (non-hydrogen) atoms. The highest BCUT2D eigenvalue weighted by atomic mass is 35.5. The van der Waals surface area contributed by atoms with Crippen LogP contribution in [-0.2, 0) is 11.3 Å². The number of carbonyl (C=O) groups excluding carboxylic acids is 1. The van der Waals surface area contributed by atoms with Crippen LogP contribution in [0.1, 0.15) is 37.3 Å². The van der Waals surface area contributed by atoms with E-state index in [0.29, 0.717) is 19.1 Å². The number of nitrogens with zero attached hydrogens (tertiary/aromatic N) is 2. The number of amides is 1. The first kappa shape index (κ1) is 20.9. The SMILES string of the molecule is CCCN(CC(=O)N(C)Cc1ccccc1C)C1CCNCC1.Cl. The molecule has 0 aliphatic carbocycles. The largest absolute Gasteiger partial charge is 0.340 e. The first-order chi connectivity index (χ1) is 11.1. The third-order valence-electron chi connectivity index (χ3n) is 4.77. The van der Waals surface area contributed by atoms with Crippen LogP contribution >= 0.6 is 12.4 Å². The number of benzene rings is 1. The molecule has 5 heteroatoms. The maximum atomic E-state index is 12.7. The summed E-state index contributed by atoms with van der Waals surface area (Å²) in [4.78, 5) is 16.9. The van der Waals surface area contributed by atoms with E-state index in [1.807, 2.05) is 24.1 Å². The molecule has 1 amide bonds. The number of likely N-dealkylation sites (N-methyl/N-ethyl adjacent to an activating group) is 1. The van der Waals surface area contributed by atoms with Crippen LogP contribution in [0, 0.1) is 6.92 Å². The first-order valence-electron chi connectivity index (χ1n) is 8.85. The third-order valence-corrected chi connectivity index (χ3v) is 4.77. The molecule has 1 aromatic rings. The zero-order chi connectivity index (χ0) is 16.7. The first-order valence-corrected chi connectivity index (χ1v) is 8.85.